The minimum absolute atomic E-state index is 0.122. The number of hydrogen-bond donors (Lipinski definition) is 3. The zero-order valence-corrected chi connectivity index (χ0v) is 12.2. The van der Waals surface area contributed by atoms with Crippen LogP contribution in [0.2, 0.25) is 0 Å². The monoisotopic (exact) mass is 368 g/mol. The van der Waals surface area contributed by atoms with E-state index in [1.54, 1.807) is 24.3 Å². The molecule has 19 heavy (non-hydrogen) atoms. The Morgan fingerprint density at radius 2 is 2.05 bits per heavy atom. The van der Waals surface area contributed by atoms with Crippen LogP contribution in [0.1, 0.15) is 15.9 Å². The number of phenolic OH excluding ortho intramolecular Hbond substituents is 1. The third-order valence-corrected chi connectivity index (χ3v) is 3.30. The van der Waals surface area contributed by atoms with Crippen molar-refractivity contribution in [2.45, 2.75) is 6.54 Å². The summed E-state index contributed by atoms with van der Waals surface area (Å²) in [6.07, 6.45) is 0. The van der Waals surface area contributed by atoms with Gasteiger partial charge in [0.15, 0.2) is 0 Å². The van der Waals surface area contributed by atoms with E-state index in [0.29, 0.717) is 16.8 Å². The lowest BCUT2D eigenvalue weighted by Gasteiger charge is -2.08. The molecule has 2 aromatic carbocycles. The second-order valence-electron chi connectivity index (χ2n) is 4.08. The number of aromatic hydroxyl groups is 1. The minimum Gasteiger partial charge on any atom is -0.508 e. The number of nitrogen functional groups attached to an aromatic ring is 1. The number of halogens is 1. The standard InChI is InChI=1S/C14H13IN2O2/c15-11-3-1-2-9(6-11)14(19)17-8-10-7-12(16)4-5-13(10)18/h1-7,18H,8,16H2,(H,17,19). The summed E-state index contributed by atoms with van der Waals surface area (Å²) in [6, 6.07) is 12.1. The average Bonchev–Trinajstić information content (AvgIpc) is 2.39. The van der Waals surface area contributed by atoms with E-state index in [4.69, 9.17) is 5.73 Å². The van der Waals surface area contributed by atoms with Crippen LogP contribution in [0.25, 0.3) is 0 Å². The van der Waals surface area contributed by atoms with Gasteiger partial charge in [-0.15, -0.1) is 0 Å². The summed E-state index contributed by atoms with van der Waals surface area (Å²) in [5.74, 6) is -0.0579. The maximum absolute atomic E-state index is 11.9. The van der Waals surface area contributed by atoms with Gasteiger partial charge in [0.2, 0.25) is 0 Å². The number of carbonyl (C=O) groups is 1. The van der Waals surface area contributed by atoms with Crippen LogP contribution >= 0.6 is 22.6 Å². The summed E-state index contributed by atoms with van der Waals surface area (Å²) < 4.78 is 0.997. The molecule has 5 heteroatoms. The van der Waals surface area contributed by atoms with E-state index in [9.17, 15) is 9.90 Å². The fourth-order valence-corrected chi connectivity index (χ4v) is 2.20. The molecule has 0 saturated heterocycles. The van der Waals surface area contributed by atoms with Gasteiger partial charge in [0.05, 0.1) is 0 Å². The van der Waals surface area contributed by atoms with Crippen LogP contribution in [0.5, 0.6) is 5.75 Å². The SMILES string of the molecule is Nc1ccc(O)c(CNC(=O)c2cccc(I)c2)c1. The van der Waals surface area contributed by atoms with Crippen molar-refractivity contribution in [1.29, 1.82) is 0 Å². The van der Waals surface area contributed by atoms with Crippen LogP contribution in [0.15, 0.2) is 42.5 Å². The molecule has 0 aliphatic heterocycles. The van der Waals surface area contributed by atoms with Crippen molar-refractivity contribution in [3.63, 3.8) is 0 Å². The predicted molar refractivity (Wildman–Crippen MR) is 82.8 cm³/mol. The molecule has 2 rings (SSSR count). The first kappa shape index (κ1) is 13.7. The zero-order chi connectivity index (χ0) is 13.8. The third-order valence-electron chi connectivity index (χ3n) is 2.63. The molecular weight excluding hydrogens is 355 g/mol. The summed E-state index contributed by atoms with van der Waals surface area (Å²) in [5.41, 5.74) is 7.38. The minimum atomic E-state index is -0.180. The number of amides is 1. The Morgan fingerprint density at radius 1 is 1.26 bits per heavy atom. The molecule has 0 atom stereocenters. The Morgan fingerprint density at radius 3 is 2.79 bits per heavy atom. The molecule has 98 valence electrons. The van der Waals surface area contributed by atoms with Gasteiger partial charge >= 0.3 is 0 Å². The van der Waals surface area contributed by atoms with Gasteiger partial charge in [0.25, 0.3) is 5.91 Å². The smallest absolute Gasteiger partial charge is 0.251 e. The van der Waals surface area contributed by atoms with E-state index < -0.39 is 0 Å². The van der Waals surface area contributed by atoms with Gasteiger partial charge < -0.3 is 16.2 Å². The molecule has 0 radical (unpaired) electrons. The van der Waals surface area contributed by atoms with Gasteiger partial charge in [-0.2, -0.15) is 0 Å². The first-order valence-electron chi connectivity index (χ1n) is 5.67. The molecule has 4 nitrogen and oxygen atoms in total. The normalized spacial score (nSPS) is 10.2. The fourth-order valence-electron chi connectivity index (χ4n) is 1.65. The summed E-state index contributed by atoms with van der Waals surface area (Å²) in [7, 11) is 0. The number of carbonyl (C=O) groups excluding carboxylic acids is 1. The topological polar surface area (TPSA) is 75.3 Å². The van der Waals surface area contributed by atoms with Crippen molar-refractivity contribution in [1.82, 2.24) is 5.32 Å². The predicted octanol–water partition coefficient (Wildman–Crippen LogP) is 2.51. The van der Waals surface area contributed by atoms with Gasteiger partial charge in [-0.3, -0.25) is 4.79 Å². The van der Waals surface area contributed by atoms with Crippen molar-refractivity contribution >= 4 is 34.2 Å². The quantitative estimate of drug-likeness (QED) is 0.443. The van der Waals surface area contributed by atoms with Crippen molar-refractivity contribution < 1.29 is 9.90 Å². The fraction of sp³-hybridized carbons (Fsp3) is 0.0714. The molecule has 0 bridgehead atoms. The van der Waals surface area contributed by atoms with E-state index in [2.05, 4.69) is 27.9 Å². The molecule has 0 saturated carbocycles. The summed E-state index contributed by atoms with van der Waals surface area (Å²) in [5, 5.41) is 12.4. The number of hydrogen-bond acceptors (Lipinski definition) is 3. The van der Waals surface area contributed by atoms with Crippen LogP contribution in [-0.2, 0) is 6.54 Å². The lowest BCUT2D eigenvalue weighted by Crippen LogP contribution is -2.22. The van der Waals surface area contributed by atoms with Crippen molar-refractivity contribution in [3.05, 3.63) is 57.2 Å². The van der Waals surface area contributed by atoms with Crippen LogP contribution in [0, 0.1) is 3.57 Å². The first-order chi connectivity index (χ1) is 9.06. The number of nitrogens with two attached hydrogens (primary N) is 1. The van der Waals surface area contributed by atoms with Crippen molar-refractivity contribution in [3.8, 4) is 5.75 Å². The highest BCUT2D eigenvalue weighted by Gasteiger charge is 2.07. The summed E-state index contributed by atoms with van der Waals surface area (Å²) >= 11 is 2.15. The maximum atomic E-state index is 11.9. The third kappa shape index (κ3) is 3.60. The number of nitrogens with one attached hydrogen (secondary N) is 1. The van der Waals surface area contributed by atoms with E-state index >= 15 is 0 Å². The molecule has 0 aromatic heterocycles. The number of phenols is 1. The Balaban J connectivity index is 2.06. The Kier molecular flexibility index (Phi) is 4.26. The molecule has 0 spiro atoms. The average molecular weight is 368 g/mol. The zero-order valence-electron chi connectivity index (χ0n) is 10.1. The Labute approximate surface area is 124 Å². The largest absolute Gasteiger partial charge is 0.508 e. The summed E-state index contributed by atoms with van der Waals surface area (Å²) in [6.45, 7) is 0.237. The molecule has 0 unspecified atom stereocenters. The van der Waals surface area contributed by atoms with Gasteiger partial charge in [-0.25, -0.2) is 0 Å². The lowest BCUT2D eigenvalue weighted by atomic mass is 10.1. The highest BCUT2D eigenvalue weighted by atomic mass is 127. The van der Waals surface area contributed by atoms with Crippen molar-refractivity contribution in [2.24, 2.45) is 0 Å². The van der Waals surface area contributed by atoms with E-state index in [1.807, 2.05) is 12.1 Å². The van der Waals surface area contributed by atoms with Gasteiger partial charge in [0.1, 0.15) is 5.75 Å². The van der Waals surface area contributed by atoms with Crippen molar-refractivity contribution in [2.75, 3.05) is 5.73 Å². The van der Waals surface area contributed by atoms with E-state index in [-0.39, 0.29) is 18.2 Å². The second kappa shape index (κ2) is 5.92. The lowest BCUT2D eigenvalue weighted by molar-refractivity contribution is 0.0950. The molecule has 4 N–H and O–H groups in total. The Bertz CT molecular complexity index is 614. The highest BCUT2D eigenvalue weighted by Crippen LogP contribution is 2.19. The highest BCUT2D eigenvalue weighted by molar-refractivity contribution is 14.1. The molecular formula is C14H13IN2O2. The number of anilines is 1. The van der Waals surface area contributed by atoms with Crippen LogP contribution < -0.4 is 11.1 Å². The number of benzene rings is 2. The second-order valence-corrected chi connectivity index (χ2v) is 5.33. The number of rotatable bonds is 3. The van der Waals surface area contributed by atoms with E-state index in [1.165, 1.54) is 6.07 Å². The van der Waals surface area contributed by atoms with Crippen LogP contribution in [0.3, 0.4) is 0 Å². The molecule has 0 heterocycles. The maximum Gasteiger partial charge on any atom is 0.251 e. The van der Waals surface area contributed by atoms with Gasteiger partial charge in [-0.05, 0) is 59.0 Å². The van der Waals surface area contributed by atoms with Crippen LogP contribution in [0.4, 0.5) is 5.69 Å². The van der Waals surface area contributed by atoms with Gasteiger partial charge in [-0.1, -0.05) is 6.07 Å². The van der Waals surface area contributed by atoms with Crippen LogP contribution in [-0.4, -0.2) is 11.0 Å². The molecule has 0 aliphatic carbocycles. The first-order valence-corrected chi connectivity index (χ1v) is 6.75. The molecule has 0 aliphatic rings. The molecule has 0 fully saturated rings. The summed E-state index contributed by atoms with van der Waals surface area (Å²) in [4.78, 5) is 11.9. The molecule has 1 amide bonds. The van der Waals surface area contributed by atoms with Gasteiger partial charge in [0, 0.05) is 26.9 Å². The Hall–Kier alpha value is -1.76. The van der Waals surface area contributed by atoms with E-state index in [0.717, 1.165) is 3.57 Å². The molecule has 2 aromatic rings.